The van der Waals surface area contributed by atoms with Gasteiger partial charge in [0.1, 0.15) is 0 Å². The zero-order valence-corrected chi connectivity index (χ0v) is 13.6. The van der Waals surface area contributed by atoms with Crippen molar-refractivity contribution in [3.05, 3.63) is 28.2 Å². The van der Waals surface area contributed by atoms with Crippen LogP contribution in [0, 0.1) is 17.2 Å². The normalized spacial score (nSPS) is 18.6. The number of piperidine rings is 1. The summed E-state index contributed by atoms with van der Waals surface area (Å²) in [6.45, 7) is 6.63. The standard InChI is InChI=1S/C16H22BrN3/c1-2-8-20(12-14-4-3-7-19-11-14)16-6-5-13(10-18)9-15(16)17/h5-6,9,14,19H,2-4,7-8,11-12H2,1H3. The minimum Gasteiger partial charge on any atom is -0.370 e. The monoisotopic (exact) mass is 335 g/mol. The Balaban J connectivity index is 2.12. The Morgan fingerprint density at radius 3 is 2.95 bits per heavy atom. The highest BCUT2D eigenvalue weighted by Crippen LogP contribution is 2.29. The van der Waals surface area contributed by atoms with Crippen LogP contribution in [0.2, 0.25) is 0 Å². The van der Waals surface area contributed by atoms with E-state index in [-0.39, 0.29) is 0 Å². The summed E-state index contributed by atoms with van der Waals surface area (Å²) >= 11 is 3.61. The van der Waals surface area contributed by atoms with E-state index < -0.39 is 0 Å². The number of nitriles is 1. The summed E-state index contributed by atoms with van der Waals surface area (Å²) in [5.41, 5.74) is 1.91. The minimum absolute atomic E-state index is 0.705. The molecule has 108 valence electrons. The van der Waals surface area contributed by atoms with Crippen molar-refractivity contribution in [3.63, 3.8) is 0 Å². The minimum atomic E-state index is 0.705. The van der Waals surface area contributed by atoms with Crippen LogP contribution in [0.4, 0.5) is 5.69 Å². The fourth-order valence-electron chi connectivity index (χ4n) is 2.80. The highest BCUT2D eigenvalue weighted by atomic mass is 79.9. The molecular weight excluding hydrogens is 314 g/mol. The molecule has 1 unspecified atom stereocenters. The van der Waals surface area contributed by atoms with Crippen molar-refractivity contribution < 1.29 is 0 Å². The second-order valence-electron chi connectivity index (χ2n) is 5.44. The van der Waals surface area contributed by atoms with Gasteiger partial charge in [-0.25, -0.2) is 0 Å². The van der Waals surface area contributed by atoms with Gasteiger partial charge in [-0.05, 0) is 72.4 Å². The van der Waals surface area contributed by atoms with Crippen molar-refractivity contribution in [2.45, 2.75) is 26.2 Å². The van der Waals surface area contributed by atoms with E-state index in [2.05, 4.69) is 45.2 Å². The molecule has 1 aromatic rings. The molecule has 0 aromatic heterocycles. The number of benzene rings is 1. The van der Waals surface area contributed by atoms with Crippen LogP contribution in [0.15, 0.2) is 22.7 Å². The number of halogens is 1. The van der Waals surface area contributed by atoms with Gasteiger partial charge in [0.05, 0.1) is 17.3 Å². The summed E-state index contributed by atoms with van der Waals surface area (Å²) in [6, 6.07) is 8.07. The summed E-state index contributed by atoms with van der Waals surface area (Å²) in [5.74, 6) is 0.720. The lowest BCUT2D eigenvalue weighted by molar-refractivity contribution is 0.376. The van der Waals surface area contributed by atoms with E-state index in [0.717, 1.165) is 43.0 Å². The molecule has 2 rings (SSSR count). The summed E-state index contributed by atoms with van der Waals surface area (Å²) in [5, 5.41) is 12.4. The van der Waals surface area contributed by atoms with Crippen LogP contribution in [0.1, 0.15) is 31.7 Å². The first-order valence-electron chi connectivity index (χ1n) is 7.40. The van der Waals surface area contributed by atoms with E-state index >= 15 is 0 Å². The number of nitrogens with zero attached hydrogens (tertiary/aromatic N) is 2. The summed E-state index contributed by atoms with van der Waals surface area (Å²) in [4.78, 5) is 2.45. The molecule has 0 bridgehead atoms. The number of hydrogen-bond donors (Lipinski definition) is 1. The van der Waals surface area contributed by atoms with Gasteiger partial charge in [0.25, 0.3) is 0 Å². The first-order valence-corrected chi connectivity index (χ1v) is 8.19. The molecule has 0 aliphatic carbocycles. The highest BCUT2D eigenvalue weighted by molar-refractivity contribution is 9.10. The maximum atomic E-state index is 8.96. The molecule has 1 atom stereocenters. The Morgan fingerprint density at radius 2 is 2.35 bits per heavy atom. The Morgan fingerprint density at radius 1 is 1.50 bits per heavy atom. The lowest BCUT2D eigenvalue weighted by Gasteiger charge is -2.32. The smallest absolute Gasteiger partial charge is 0.0992 e. The van der Waals surface area contributed by atoms with Crippen LogP contribution < -0.4 is 10.2 Å². The van der Waals surface area contributed by atoms with Crippen LogP contribution in [0.3, 0.4) is 0 Å². The average molecular weight is 336 g/mol. The average Bonchev–Trinajstić information content (AvgIpc) is 2.48. The van der Waals surface area contributed by atoms with Crippen molar-refractivity contribution in [1.82, 2.24) is 5.32 Å². The third-order valence-corrected chi connectivity index (χ3v) is 4.42. The molecular formula is C16H22BrN3. The van der Waals surface area contributed by atoms with Crippen molar-refractivity contribution in [2.75, 3.05) is 31.1 Å². The number of anilines is 1. The lowest BCUT2D eigenvalue weighted by Crippen LogP contribution is -2.38. The summed E-state index contributed by atoms with van der Waals surface area (Å²) in [6.07, 6.45) is 3.72. The van der Waals surface area contributed by atoms with Gasteiger partial charge in [-0.3, -0.25) is 0 Å². The largest absolute Gasteiger partial charge is 0.370 e. The van der Waals surface area contributed by atoms with Crippen LogP contribution in [0.25, 0.3) is 0 Å². The molecule has 4 heteroatoms. The molecule has 1 aliphatic heterocycles. The zero-order chi connectivity index (χ0) is 14.4. The van der Waals surface area contributed by atoms with Crippen LogP contribution in [0.5, 0.6) is 0 Å². The molecule has 0 spiro atoms. The molecule has 0 saturated carbocycles. The van der Waals surface area contributed by atoms with E-state index in [9.17, 15) is 0 Å². The van der Waals surface area contributed by atoms with Crippen molar-refractivity contribution >= 4 is 21.6 Å². The molecule has 1 fully saturated rings. The number of rotatable bonds is 5. The lowest BCUT2D eigenvalue weighted by atomic mass is 9.98. The third-order valence-electron chi connectivity index (χ3n) is 3.79. The second kappa shape index (κ2) is 7.66. The molecule has 1 N–H and O–H groups in total. The summed E-state index contributed by atoms with van der Waals surface area (Å²) in [7, 11) is 0. The Hall–Kier alpha value is -1.05. The molecule has 0 amide bonds. The maximum Gasteiger partial charge on any atom is 0.0992 e. The van der Waals surface area contributed by atoms with Gasteiger partial charge < -0.3 is 10.2 Å². The predicted molar refractivity (Wildman–Crippen MR) is 87.0 cm³/mol. The van der Waals surface area contributed by atoms with Crippen molar-refractivity contribution in [2.24, 2.45) is 5.92 Å². The van der Waals surface area contributed by atoms with E-state index in [1.807, 2.05) is 12.1 Å². The molecule has 3 nitrogen and oxygen atoms in total. The second-order valence-corrected chi connectivity index (χ2v) is 6.29. The number of hydrogen-bond acceptors (Lipinski definition) is 3. The van der Waals surface area contributed by atoms with E-state index in [1.54, 1.807) is 0 Å². The predicted octanol–water partition coefficient (Wildman–Crippen LogP) is 3.54. The highest BCUT2D eigenvalue weighted by Gasteiger charge is 2.18. The van der Waals surface area contributed by atoms with Gasteiger partial charge in [-0.2, -0.15) is 5.26 Å². The third kappa shape index (κ3) is 3.97. The van der Waals surface area contributed by atoms with Crippen LogP contribution in [-0.4, -0.2) is 26.2 Å². The van der Waals surface area contributed by atoms with Gasteiger partial charge in [0.2, 0.25) is 0 Å². The van der Waals surface area contributed by atoms with E-state index in [0.29, 0.717) is 5.56 Å². The SMILES string of the molecule is CCCN(CC1CCCNC1)c1ccc(C#N)cc1Br. The van der Waals surface area contributed by atoms with Crippen LogP contribution in [-0.2, 0) is 0 Å². The molecule has 1 heterocycles. The topological polar surface area (TPSA) is 39.1 Å². The van der Waals surface area contributed by atoms with Gasteiger partial charge in [0.15, 0.2) is 0 Å². The fraction of sp³-hybridized carbons (Fsp3) is 0.562. The Labute approximate surface area is 130 Å². The molecule has 0 radical (unpaired) electrons. The zero-order valence-electron chi connectivity index (χ0n) is 12.0. The fourth-order valence-corrected chi connectivity index (χ4v) is 3.43. The van der Waals surface area contributed by atoms with Crippen molar-refractivity contribution in [3.8, 4) is 6.07 Å². The molecule has 1 aromatic carbocycles. The van der Waals surface area contributed by atoms with E-state index in [4.69, 9.17) is 5.26 Å². The molecule has 1 aliphatic rings. The number of nitrogens with one attached hydrogen (secondary N) is 1. The summed E-state index contributed by atoms with van der Waals surface area (Å²) < 4.78 is 1.02. The van der Waals surface area contributed by atoms with Gasteiger partial charge >= 0.3 is 0 Å². The van der Waals surface area contributed by atoms with Gasteiger partial charge in [-0.1, -0.05) is 6.92 Å². The first kappa shape index (κ1) is 15.3. The van der Waals surface area contributed by atoms with Crippen molar-refractivity contribution in [1.29, 1.82) is 5.26 Å². The molecule has 20 heavy (non-hydrogen) atoms. The Bertz CT molecular complexity index is 475. The van der Waals surface area contributed by atoms with Gasteiger partial charge in [-0.15, -0.1) is 0 Å². The van der Waals surface area contributed by atoms with Crippen LogP contribution >= 0.6 is 15.9 Å². The maximum absolute atomic E-state index is 8.96. The van der Waals surface area contributed by atoms with Gasteiger partial charge in [0, 0.05) is 17.6 Å². The molecule has 1 saturated heterocycles. The first-order chi connectivity index (χ1) is 9.74. The Kier molecular flexibility index (Phi) is 5.87. The quantitative estimate of drug-likeness (QED) is 0.894. The van der Waals surface area contributed by atoms with E-state index in [1.165, 1.54) is 18.5 Å².